The maximum absolute atomic E-state index is 11.5. The van der Waals surface area contributed by atoms with Gasteiger partial charge in [0.2, 0.25) is 0 Å². The van der Waals surface area contributed by atoms with Crippen molar-refractivity contribution in [2.24, 2.45) is 0 Å². The summed E-state index contributed by atoms with van der Waals surface area (Å²) in [4.78, 5) is 11.5. The number of ether oxygens (including phenoxy) is 1. The summed E-state index contributed by atoms with van der Waals surface area (Å²) in [6.45, 7) is 2.79. The fourth-order valence-electron chi connectivity index (χ4n) is 2.28. The van der Waals surface area contributed by atoms with Gasteiger partial charge in [-0.3, -0.25) is 4.57 Å². The molecule has 0 radical (unpaired) electrons. The number of rotatable bonds is 11. The van der Waals surface area contributed by atoms with Crippen molar-refractivity contribution in [3.63, 3.8) is 0 Å². The SMILES string of the molecule is CCCCCCCCCCCCOC(=O)n1cccc1. The van der Waals surface area contributed by atoms with E-state index >= 15 is 0 Å². The van der Waals surface area contributed by atoms with Crippen LogP contribution in [0.2, 0.25) is 0 Å². The van der Waals surface area contributed by atoms with Gasteiger partial charge >= 0.3 is 6.09 Å². The molecular weight excluding hydrogens is 250 g/mol. The first kappa shape index (κ1) is 16.8. The Morgan fingerprint density at radius 1 is 0.850 bits per heavy atom. The zero-order valence-electron chi connectivity index (χ0n) is 12.9. The highest BCUT2D eigenvalue weighted by Gasteiger charge is 2.02. The van der Waals surface area contributed by atoms with Crippen LogP contribution in [-0.4, -0.2) is 17.3 Å². The van der Waals surface area contributed by atoms with Crippen LogP contribution < -0.4 is 0 Å². The lowest BCUT2D eigenvalue weighted by Crippen LogP contribution is -2.12. The predicted octanol–water partition coefficient (Wildman–Crippen LogP) is 5.39. The van der Waals surface area contributed by atoms with Crippen LogP contribution in [0.5, 0.6) is 0 Å². The van der Waals surface area contributed by atoms with E-state index in [1.807, 2.05) is 12.1 Å². The van der Waals surface area contributed by atoms with Crippen LogP contribution in [-0.2, 0) is 4.74 Å². The Hall–Kier alpha value is -1.25. The van der Waals surface area contributed by atoms with E-state index < -0.39 is 0 Å². The number of carbonyl (C=O) groups excluding carboxylic acids is 1. The largest absolute Gasteiger partial charge is 0.449 e. The van der Waals surface area contributed by atoms with Gasteiger partial charge in [-0.15, -0.1) is 0 Å². The molecule has 0 aromatic carbocycles. The van der Waals surface area contributed by atoms with E-state index in [2.05, 4.69) is 6.92 Å². The first-order valence-electron chi connectivity index (χ1n) is 8.14. The van der Waals surface area contributed by atoms with Crippen molar-refractivity contribution >= 4 is 6.09 Å². The highest BCUT2D eigenvalue weighted by atomic mass is 16.5. The number of hydrogen-bond donors (Lipinski definition) is 0. The molecule has 1 aromatic heterocycles. The molecule has 0 bridgehead atoms. The monoisotopic (exact) mass is 279 g/mol. The zero-order chi connectivity index (χ0) is 14.5. The molecule has 0 aliphatic heterocycles. The Balaban J connectivity index is 1.82. The highest BCUT2D eigenvalue weighted by molar-refractivity contribution is 5.70. The topological polar surface area (TPSA) is 31.2 Å². The molecule has 20 heavy (non-hydrogen) atoms. The van der Waals surface area contributed by atoms with E-state index in [9.17, 15) is 4.79 Å². The average molecular weight is 279 g/mol. The van der Waals surface area contributed by atoms with Crippen molar-refractivity contribution in [2.75, 3.05) is 6.61 Å². The van der Waals surface area contributed by atoms with Crippen molar-refractivity contribution in [1.29, 1.82) is 0 Å². The molecule has 0 aliphatic carbocycles. The Labute approximate surface area is 123 Å². The van der Waals surface area contributed by atoms with Crippen LogP contribution in [0.3, 0.4) is 0 Å². The molecule has 3 heteroatoms. The van der Waals surface area contributed by atoms with E-state index in [0.29, 0.717) is 6.61 Å². The van der Waals surface area contributed by atoms with Crippen LogP contribution >= 0.6 is 0 Å². The molecule has 0 saturated carbocycles. The van der Waals surface area contributed by atoms with E-state index in [1.165, 1.54) is 55.9 Å². The second-order valence-electron chi connectivity index (χ2n) is 5.39. The second-order valence-corrected chi connectivity index (χ2v) is 5.39. The number of hydrogen-bond acceptors (Lipinski definition) is 2. The average Bonchev–Trinajstić information content (AvgIpc) is 2.99. The van der Waals surface area contributed by atoms with Gasteiger partial charge in [0, 0.05) is 12.4 Å². The lowest BCUT2D eigenvalue weighted by atomic mass is 10.1. The van der Waals surface area contributed by atoms with Crippen molar-refractivity contribution in [2.45, 2.75) is 71.1 Å². The van der Waals surface area contributed by atoms with Crippen LogP contribution in [0.25, 0.3) is 0 Å². The summed E-state index contributed by atoms with van der Waals surface area (Å²) in [5, 5.41) is 0. The van der Waals surface area contributed by atoms with Gasteiger partial charge in [-0.1, -0.05) is 64.7 Å². The number of aromatic nitrogens is 1. The molecule has 114 valence electrons. The first-order valence-corrected chi connectivity index (χ1v) is 8.14. The van der Waals surface area contributed by atoms with Gasteiger partial charge in [0.05, 0.1) is 6.61 Å². The first-order chi connectivity index (χ1) is 9.84. The summed E-state index contributed by atoms with van der Waals surface area (Å²) < 4.78 is 6.65. The smallest absolute Gasteiger partial charge is 0.417 e. The molecule has 0 aliphatic rings. The molecule has 0 saturated heterocycles. The Bertz CT molecular complexity index is 333. The van der Waals surface area contributed by atoms with Gasteiger partial charge in [0.15, 0.2) is 0 Å². The molecule has 0 spiro atoms. The summed E-state index contributed by atoms with van der Waals surface area (Å²) in [6, 6.07) is 3.64. The van der Waals surface area contributed by atoms with Gasteiger partial charge < -0.3 is 4.74 Å². The zero-order valence-corrected chi connectivity index (χ0v) is 12.9. The quantitative estimate of drug-likeness (QED) is 0.508. The van der Waals surface area contributed by atoms with Crippen LogP contribution in [0.1, 0.15) is 71.1 Å². The lowest BCUT2D eigenvalue weighted by molar-refractivity contribution is 0.145. The molecule has 0 amide bonds. The number of nitrogens with zero attached hydrogens (tertiary/aromatic N) is 1. The summed E-state index contributed by atoms with van der Waals surface area (Å²) in [5.74, 6) is 0. The van der Waals surface area contributed by atoms with Crippen LogP contribution in [0, 0.1) is 0 Å². The Morgan fingerprint density at radius 3 is 1.90 bits per heavy atom. The molecule has 0 N–H and O–H groups in total. The predicted molar refractivity (Wildman–Crippen MR) is 83.0 cm³/mol. The third kappa shape index (κ3) is 8.03. The molecule has 0 fully saturated rings. The van der Waals surface area contributed by atoms with E-state index in [0.717, 1.165) is 12.8 Å². The number of unbranched alkanes of at least 4 members (excludes halogenated alkanes) is 9. The molecular formula is C17H29NO2. The molecule has 1 aromatic rings. The van der Waals surface area contributed by atoms with Gasteiger partial charge in [-0.25, -0.2) is 4.79 Å². The summed E-state index contributed by atoms with van der Waals surface area (Å²) in [5.41, 5.74) is 0. The summed E-state index contributed by atoms with van der Waals surface area (Å²) in [6.07, 6.45) is 16.1. The Morgan fingerprint density at radius 2 is 1.35 bits per heavy atom. The summed E-state index contributed by atoms with van der Waals surface area (Å²) >= 11 is 0. The maximum atomic E-state index is 11.5. The maximum Gasteiger partial charge on any atom is 0.417 e. The van der Waals surface area contributed by atoms with E-state index in [4.69, 9.17) is 4.74 Å². The normalized spacial score (nSPS) is 10.7. The van der Waals surface area contributed by atoms with Crippen LogP contribution in [0.15, 0.2) is 24.5 Å². The summed E-state index contributed by atoms with van der Waals surface area (Å²) in [7, 11) is 0. The highest BCUT2D eigenvalue weighted by Crippen LogP contribution is 2.10. The van der Waals surface area contributed by atoms with E-state index in [-0.39, 0.29) is 6.09 Å². The molecule has 3 nitrogen and oxygen atoms in total. The fourth-order valence-corrected chi connectivity index (χ4v) is 2.28. The molecule has 0 atom stereocenters. The minimum Gasteiger partial charge on any atom is -0.449 e. The molecule has 1 rings (SSSR count). The molecule has 0 unspecified atom stereocenters. The Kier molecular flexibility index (Phi) is 9.72. The standard InChI is InChI=1S/C17H29NO2/c1-2-3-4-5-6-7-8-9-10-13-16-20-17(19)18-14-11-12-15-18/h11-12,14-15H,2-10,13,16H2,1H3. The van der Waals surface area contributed by atoms with Crippen molar-refractivity contribution in [1.82, 2.24) is 4.57 Å². The van der Waals surface area contributed by atoms with Crippen molar-refractivity contribution < 1.29 is 9.53 Å². The number of carbonyl (C=O) groups is 1. The van der Waals surface area contributed by atoms with Gasteiger partial charge in [0.1, 0.15) is 0 Å². The van der Waals surface area contributed by atoms with Gasteiger partial charge in [-0.2, -0.15) is 0 Å². The third-order valence-electron chi connectivity index (χ3n) is 3.54. The van der Waals surface area contributed by atoms with Crippen molar-refractivity contribution in [3.8, 4) is 0 Å². The third-order valence-corrected chi connectivity index (χ3v) is 3.54. The van der Waals surface area contributed by atoms with Crippen molar-refractivity contribution in [3.05, 3.63) is 24.5 Å². The van der Waals surface area contributed by atoms with Gasteiger partial charge in [0.25, 0.3) is 0 Å². The second kappa shape index (κ2) is 11.6. The minimum atomic E-state index is -0.272. The lowest BCUT2D eigenvalue weighted by Gasteiger charge is -2.05. The van der Waals surface area contributed by atoms with Gasteiger partial charge in [-0.05, 0) is 18.6 Å². The van der Waals surface area contributed by atoms with E-state index in [1.54, 1.807) is 12.4 Å². The molecule has 1 heterocycles. The minimum absolute atomic E-state index is 0.272. The van der Waals surface area contributed by atoms with Crippen LogP contribution in [0.4, 0.5) is 4.79 Å². The fraction of sp³-hybridized carbons (Fsp3) is 0.706.